The second-order valence-corrected chi connectivity index (χ2v) is 6.92. The van der Waals surface area contributed by atoms with Crippen molar-refractivity contribution in [1.82, 2.24) is 10.2 Å². The summed E-state index contributed by atoms with van der Waals surface area (Å²) in [4.78, 5) is 2.68. The fourth-order valence-electron chi connectivity index (χ4n) is 3.43. The molecular formula is C14H28N2. The van der Waals surface area contributed by atoms with Crippen molar-refractivity contribution < 1.29 is 0 Å². The molecule has 2 fully saturated rings. The minimum atomic E-state index is 0.381. The fourth-order valence-corrected chi connectivity index (χ4v) is 3.43. The maximum atomic E-state index is 3.73. The number of rotatable bonds is 2. The maximum Gasteiger partial charge on any atom is 0.0280 e. The van der Waals surface area contributed by atoms with Gasteiger partial charge in [0.2, 0.25) is 0 Å². The summed E-state index contributed by atoms with van der Waals surface area (Å²) in [5.74, 6) is 0. The largest absolute Gasteiger partial charge is 0.310 e. The normalized spacial score (nSPS) is 36.2. The third-order valence-corrected chi connectivity index (χ3v) is 4.26. The predicted molar refractivity (Wildman–Crippen MR) is 69.7 cm³/mol. The van der Waals surface area contributed by atoms with Crippen LogP contribution in [-0.2, 0) is 0 Å². The van der Waals surface area contributed by atoms with Gasteiger partial charge in [-0.15, -0.1) is 0 Å². The van der Waals surface area contributed by atoms with Crippen molar-refractivity contribution in [1.29, 1.82) is 0 Å². The zero-order valence-electron chi connectivity index (χ0n) is 11.3. The molecule has 2 heterocycles. The lowest BCUT2D eigenvalue weighted by molar-refractivity contribution is 0.0803. The maximum absolute atomic E-state index is 3.73. The van der Waals surface area contributed by atoms with Gasteiger partial charge < -0.3 is 10.2 Å². The Balaban J connectivity index is 1.88. The van der Waals surface area contributed by atoms with Crippen molar-refractivity contribution in [3.8, 4) is 0 Å². The highest BCUT2D eigenvalue weighted by molar-refractivity contribution is 4.91. The number of likely N-dealkylation sites (tertiary alicyclic amines) is 1. The van der Waals surface area contributed by atoms with Gasteiger partial charge in [-0.05, 0) is 51.1 Å². The zero-order valence-corrected chi connectivity index (χ0v) is 11.3. The standard InChI is InChI=1S/C14H28N2/c1-13(2)7-6-10-16(11-13)12-14(3)8-4-5-9-15-14/h15H,4-12H2,1-3H3. The van der Waals surface area contributed by atoms with Crippen molar-refractivity contribution in [3.05, 3.63) is 0 Å². The van der Waals surface area contributed by atoms with Gasteiger partial charge in [0.25, 0.3) is 0 Å². The van der Waals surface area contributed by atoms with Crippen LogP contribution in [0.1, 0.15) is 52.9 Å². The van der Waals surface area contributed by atoms with Gasteiger partial charge >= 0.3 is 0 Å². The molecule has 0 amide bonds. The molecule has 1 unspecified atom stereocenters. The van der Waals surface area contributed by atoms with E-state index in [-0.39, 0.29) is 0 Å². The molecule has 2 aliphatic heterocycles. The van der Waals surface area contributed by atoms with Crippen molar-refractivity contribution >= 4 is 0 Å². The summed E-state index contributed by atoms with van der Waals surface area (Å²) in [6.07, 6.45) is 6.89. The highest BCUT2D eigenvalue weighted by Crippen LogP contribution is 2.30. The summed E-state index contributed by atoms with van der Waals surface area (Å²) in [5.41, 5.74) is 0.912. The summed E-state index contributed by atoms with van der Waals surface area (Å²) in [6, 6.07) is 0. The van der Waals surface area contributed by atoms with Crippen molar-refractivity contribution in [2.75, 3.05) is 26.2 Å². The Hall–Kier alpha value is -0.0800. The molecule has 0 aromatic carbocycles. The highest BCUT2D eigenvalue weighted by Gasteiger charge is 2.32. The lowest BCUT2D eigenvalue weighted by Gasteiger charge is -2.44. The Morgan fingerprint density at radius 1 is 1.06 bits per heavy atom. The highest BCUT2D eigenvalue weighted by atomic mass is 15.2. The Labute approximate surface area is 101 Å². The fraction of sp³-hybridized carbons (Fsp3) is 1.00. The van der Waals surface area contributed by atoms with E-state index in [9.17, 15) is 0 Å². The monoisotopic (exact) mass is 224 g/mol. The molecule has 0 aliphatic carbocycles. The molecule has 1 atom stereocenters. The Morgan fingerprint density at radius 2 is 1.88 bits per heavy atom. The molecule has 0 spiro atoms. The first-order chi connectivity index (χ1) is 7.49. The molecule has 2 heteroatoms. The molecule has 0 radical (unpaired) electrons. The minimum absolute atomic E-state index is 0.381. The van der Waals surface area contributed by atoms with Gasteiger partial charge in [0.05, 0.1) is 0 Å². The Bertz CT molecular complexity index is 229. The van der Waals surface area contributed by atoms with E-state index in [0.717, 1.165) is 0 Å². The van der Waals surface area contributed by atoms with Gasteiger partial charge in [0, 0.05) is 18.6 Å². The molecule has 0 aromatic rings. The van der Waals surface area contributed by atoms with Crippen LogP contribution in [0.25, 0.3) is 0 Å². The third kappa shape index (κ3) is 3.21. The SMILES string of the molecule is CC1(C)CCCN(CC2(C)CCCCN2)C1. The lowest BCUT2D eigenvalue weighted by atomic mass is 9.82. The third-order valence-electron chi connectivity index (χ3n) is 4.26. The first kappa shape index (κ1) is 12.4. The van der Waals surface area contributed by atoms with Crippen molar-refractivity contribution in [3.63, 3.8) is 0 Å². The van der Waals surface area contributed by atoms with E-state index >= 15 is 0 Å². The Morgan fingerprint density at radius 3 is 2.50 bits per heavy atom. The quantitative estimate of drug-likeness (QED) is 0.776. The molecule has 0 saturated carbocycles. The molecule has 2 nitrogen and oxygen atoms in total. The van der Waals surface area contributed by atoms with Crippen LogP contribution in [-0.4, -0.2) is 36.6 Å². The van der Waals surface area contributed by atoms with Gasteiger partial charge in [-0.1, -0.05) is 20.3 Å². The number of nitrogens with one attached hydrogen (secondary N) is 1. The second-order valence-electron chi connectivity index (χ2n) is 6.92. The van der Waals surface area contributed by atoms with Crippen LogP contribution in [0.2, 0.25) is 0 Å². The van der Waals surface area contributed by atoms with E-state index in [1.807, 2.05) is 0 Å². The van der Waals surface area contributed by atoms with Gasteiger partial charge in [0.1, 0.15) is 0 Å². The van der Waals surface area contributed by atoms with Crippen LogP contribution in [0.3, 0.4) is 0 Å². The lowest BCUT2D eigenvalue weighted by Crippen LogP contribution is -2.56. The number of piperidine rings is 2. The van der Waals surface area contributed by atoms with E-state index < -0.39 is 0 Å². The molecule has 2 saturated heterocycles. The predicted octanol–water partition coefficient (Wildman–Crippen LogP) is 2.64. The second kappa shape index (κ2) is 4.66. The van der Waals surface area contributed by atoms with Gasteiger partial charge in [-0.25, -0.2) is 0 Å². The van der Waals surface area contributed by atoms with Crippen LogP contribution in [0.4, 0.5) is 0 Å². The first-order valence-electron chi connectivity index (χ1n) is 6.97. The number of hydrogen-bond donors (Lipinski definition) is 1. The zero-order chi connectivity index (χ0) is 11.6. The summed E-state index contributed by atoms with van der Waals surface area (Å²) in [5, 5.41) is 3.73. The molecule has 0 aromatic heterocycles. The van der Waals surface area contributed by atoms with E-state index in [1.54, 1.807) is 0 Å². The van der Waals surface area contributed by atoms with Crippen molar-refractivity contribution in [2.24, 2.45) is 5.41 Å². The van der Waals surface area contributed by atoms with Crippen LogP contribution >= 0.6 is 0 Å². The molecular weight excluding hydrogens is 196 g/mol. The van der Waals surface area contributed by atoms with Gasteiger partial charge in [-0.3, -0.25) is 0 Å². The van der Waals surface area contributed by atoms with Crippen molar-refractivity contribution in [2.45, 2.75) is 58.4 Å². The summed E-state index contributed by atoms with van der Waals surface area (Å²) < 4.78 is 0. The molecule has 0 bridgehead atoms. The van der Waals surface area contributed by atoms with Crippen LogP contribution in [0, 0.1) is 5.41 Å². The smallest absolute Gasteiger partial charge is 0.0280 e. The van der Waals surface area contributed by atoms with E-state index in [4.69, 9.17) is 0 Å². The van der Waals surface area contributed by atoms with Gasteiger partial charge in [-0.2, -0.15) is 0 Å². The minimum Gasteiger partial charge on any atom is -0.310 e. The average Bonchev–Trinajstić information content (AvgIpc) is 2.16. The number of hydrogen-bond acceptors (Lipinski definition) is 2. The van der Waals surface area contributed by atoms with E-state index in [2.05, 4.69) is 31.0 Å². The molecule has 1 N–H and O–H groups in total. The molecule has 16 heavy (non-hydrogen) atoms. The molecule has 2 aliphatic rings. The summed E-state index contributed by atoms with van der Waals surface area (Å²) in [6.45, 7) is 12.3. The van der Waals surface area contributed by atoms with E-state index in [0.29, 0.717) is 11.0 Å². The van der Waals surface area contributed by atoms with E-state index in [1.165, 1.54) is 58.3 Å². The van der Waals surface area contributed by atoms with Crippen LogP contribution < -0.4 is 5.32 Å². The molecule has 94 valence electrons. The topological polar surface area (TPSA) is 15.3 Å². The number of nitrogens with zero attached hydrogens (tertiary/aromatic N) is 1. The van der Waals surface area contributed by atoms with Gasteiger partial charge in [0.15, 0.2) is 0 Å². The summed E-state index contributed by atoms with van der Waals surface area (Å²) >= 11 is 0. The first-order valence-corrected chi connectivity index (χ1v) is 6.97. The van der Waals surface area contributed by atoms with Crippen LogP contribution in [0.5, 0.6) is 0 Å². The molecule has 2 rings (SSSR count). The van der Waals surface area contributed by atoms with Crippen LogP contribution in [0.15, 0.2) is 0 Å². The Kier molecular flexibility index (Phi) is 3.60. The summed E-state index contributed by atoms with van der Waals surface area (Å²) in [7, 11) is 0. The average molecular weight is 224 g/mol.